The van der Waals surface area contributed by atoms with E-state index < -0.39 is 6.04 Å². The Morgan fingerprint density at radius 2 is 2.05 bits per heavy atom. The standard InChI is InChI=1S/C17H19NO4/c1-11-12-7-3-4-9-14(12)22-15(11)16(19)18-10-6-5-8-13(18)17(20)21-2/h3-4,7,9,13H,5-6,8,10H2,1-2H3/t13-/m0/s1. The Balaban J connectivity index is 1.97. The highest BCUT2D eigenvalue weighted by atomic mass is 16.5. The van der Waals surface area contributed by atoms with Crippen molar-refractivity contribution >= 4 is 22.8 Å². The number of methoxy groups -OCH3 is 1. The summed E-state index contributed by atoms with van der Waals surface area (Å²) in [6, 6.07) is 7.04. The van der Waals surface area contributed by atoms with Crippen LogP contribution in [0.5, 0.6) is 0 Å². The minimum absolute atomic E-state index is 0.233. The molecule has 1 atom stereocenters. The maximum Gasteiger partial charge on any atom is 0.328 e. The smallest absolute Gasteiger partial charge is 0.328 e. The highest BCUT2D eigenvalue weighted by Crippen LogP contribution is 2.28. The average molecular weight is 301 g/mol. The van der Waals surface area contributed by atoms with Gasteiger partial charge in [-0.3, -0.25) is 4.79 Å². The van der Waals surface area contributed by atoms with E-state index in [4.69, 9.17) is 9.15 Å². The molecule has 1 aromatic carbocycles. The van der Waals surface area contributed by atoms with Crippen LogP contribution in [0, 0.1) is 6.92 Å². The Kier molecular flexibility index (Phi) is 3.88. The van der Waals surface area contributed by atoms with Crippen molar-refractivity contribution in [3.63, 3.8) is 0 Å². The molecule has 1 amide bonds. The Morgan fingerprint density at radius 3 is 2.77 bits per heavy atom. The molecule has 5 nitrogen and oxygen atoms in total. The number of esters is 1. The lowest BCUT2D eigenvalue weighted by Crippen LogP contribution is -2.48. The van der Waals surface area contributed by atoms with E-state index in [1.54, 1.807) is 4.90 Å². The van der Waals surface area contributed by atoms with Crippen LogP contribution in [0.4, 0.5) is 0 Å². The van der Waals surface area contributed by atoms with E-state index in [0.29, 0.717) is 24.3 Å². The van der Waals surface area contributed by atoms with Gasteiger partial charge in [0.1, 0.15) is 11.6 Å². The van der Waals surface area contributed by atoms with Crippen molar-refractivity contribution in [1.29, 1.82) is 0 Å². The summed E-state index contributed by atoms with van der Waals surface area (Å²) in [5, 5.41) is 0.928. The molecule has 0 spiro atoms. The number of carbonyl (C=O) groups is 2. The van der Waals surface area contributed by atoms with Gasteiger partial charge in [0.15, 0.2) is 5.76 Å². The molecule has 1 aromatic heterocycles. The molecule has 1 saturated heterocycles. The van der Waals surface area contributed by atoms with Gasteiger partial charge in [0.05, 0.1) is 7.11 Å². The van der Waals surface area contributed by atoms with Crippen LogP contribution < -0.4 is 0 Å². The summed E-state index contributed by atoms with van der Waals surface area (Å²) in [5.74, 6) is -0.275. The second-order valence-corrected chi connectivity index (χ2v) is 5.59. The van der Waals surface area contributed by atoms with Crippen molar-refractivity contribution in [2.45, 2.75) is 32.2 Å². The zero-order chi connectivity index (χ0) is 15.7. The molecule has 1 aliphatic heterocycles. The maximum atomic E-state index is 12.8. The molecular formula is C17H19NO4. The zero-order valence-electron chi connectivity index (χ0n) is 12.8. The summed E-state index contributed by atoms with van der Waals surface area (Å²) < 4.78 is 10.6. The van der Waals surface area contributed by atoms with Gasteiger partial charge in [-0.2, -0.15) is 0 Å². The number of para-hydroxylation sites is 1. The Morgan fingerprint density at radius 1 is 1.27 bits per heavy atom. The molecule has 0 N–H and O–H groups in total. The number of amides is 1. The number of hydrogen-bond donors (Lipinski definition) is 0. The summed E-state index contributed by atoms with van der Waals surface area (Å²) in [4.78, 5) is 26.4. The summed E-state index contributed by atoms with van der Waals surface area (Å²) in [5.41, 5.74) is 1.50. The molecule has 2 aromatic rings. The number of piperidine rings is 1. The Hall–Kier alpha value is -2.30. The van der Waals surface area contributed by atoms with Crippen molar-refractivity contribution in [3.05, 3.63) is 35.6 Å². The van der Waals surface area contributed by atoms with Crippen LogP contribution in [-0.2, 0) is 9.53 Å². The van der Waals surface area contributed by atoms with Crippen molar-refractivity contribution in [1.82, 2.24) is 4.90 Å². The first kappa shape index (κ1) is 14.6. The minimum Gasteiger partial charge on any atom is -0.467 e. The van der Waals surface area contributed by atoms with Gasteiger partial charge in [-0.05, 0) is 32.3 Å². The molecule has 1 fully saturated rings. The van der Waals surface area contributed by atoms with Gasteiger partial charge >= 0.3 is 5.97 Å². The van der Waals surface area contributed by atoms with Crippen molar-refractivity contribution in [3.8, 4) is 0 Å². The molecule has 0 radical (unpaired) electrons. The molecule has 0 bridgehead atoms. The largest absolute Gasteiger partial charge is 0.467 e. The SMILES string of the molecule is COC(=O)[C@@H]1CCCCN1C(=O)c1oc2ccccc2c1C. The third kappa shape index (κ3) is 2.36. The fourth-order valence-electron chi connectivity index (χ4n) is 3.06. The van der Waals surface area contributed by atoms with Gasteiger partial charge in [0.25, 0.3) is 5.91 Å². The third-order valence-corrected chi connectivity index (χ3v) is 4.27. The highest BCUT2D eigenvalue weighted by molar-refractivity contribution is 6.00. The minimum atomic E-state index is -0.515. The zero-order valence-corrected chi connectivity index (χ0v) is 12.8. The molecule has 22 heavy (non-hydrogen) atoms. The maximum absolute atomic E-state index is 12.8. The van der Waals surface area contributed by atoms with E-state index in [9.17, 15) is 9.59 Å². The van der Waals surface area contributed by atoms with Gasteiger partial charge in [-0.1, -0.05) is 18.2 Å². The van der Waals surface area contributed by atoms with Crippen LogP contribution in [0.25, 0.3) is 11.0 Å². The number of likely N-dealkylation sites (tertiary alicyclic amines) is 1. The van der Waals surface area contributed by atoms with E-state index in [2.05, 4.69) is 0 Å². The summed E-state index contributed by atoms with van der Waals surface area (Å²) in [7, 11) is 1.35. The quantitative estimate of drug-likeness (QED) is 0.800. The number of fused-ring (bicyclic) bond motifs is 1. The monoisotopic (exact) mass is 301 g/mol. The summed E-state index contributed by atoms with van der Waals surface area (Å²) in [6.07, 6.45) is 2.44. The van der Waals surface area contributed by atoms with Crippen molar-refractivity contribution in [2.24, 2.45) is 0 Å². The van der Waals surface area contributed by atoms with Gasteiger partial charge < -0.3 is 14.1 Å². The molecule has 0 saturated carbocycles. The topological polar surface area (TPSA) is 59.8 Å². The van der Waals surface area contributed by atoms with Gasteiger partial charge in [0.2, 0.25) is 0 Å². The van der Waals surface area contributed by atoms with E-state index in [-0.39, 0.29) is 11.9 Å². The predicted octanol–water partition coefficient (Wildman–Crippen LogP) is 2.91. The second-order valence-electron chi connectivity index (χ2n) is 5.59. The number of rotatable bonds is 2. The first-order valence-corrected chi connectivity index (χ1v) is 7.50. The van der Waals surface area contributed by atoms with Gasteiger partial charge in [-0.25, -0.2) is 4.79 Å². The predicted molar refractivity (Wildman–Crippen MR) is 81.6 cm³/mol. The molecule has 116 valence electrons. The molecule has 1 aliphatic rings. The normalized spacial score (nSPS) is 18.5. The van der Waals surface area contributed by atoms with E-state index in [0.717, 1.165) is 23.8 Å². The Labute approximate surface area is 128 Å². The van der Waals surface area contributed by atoms with Crippen LogP contribution in [0.1, 0.15) is 35.4 Å². The van der Waals surface area contributed by atoms with E-state index in [1.807, 2.05) is 31.2 Å². The molecule has 0 aliphatic carbocycles. The third-order valence-electron chi connectivity index (χ3n) is 4.27. The molecule has 3 rings (SSSR count). The lowest BCUT2D eigenvalue weighted by molar-refractivity contribution is -0.147. The van der Waals surface area contributed by atoms with Gasteiger partial charge in [-0.15, -0.1) is 0 Å². The number of aryl methyl sites for hydroxylation is 1. The fourth-order valence-corrected chi connectivity index (χ4v) is 3.06. The Bertz CT molecular complexity index is 719. The summed E-state index contributed by atoms with van der Waals surface area (Å²) in [6.45, 7) is 2.42. The van der Waals surface area contributed by atoms with E-state index >= 15 is 0 Å². The summed E-state index contributed by atoms with van der Waals surface area (Å²) >= 11 is 0. The second kappa shape index (κ2) is 5.83. The van der Waals surface area contributed by atoms with Crippen molar-refractivity contribution in [2.75, 3.05) is 13.7 Å². The molecular weight excluding hydrogens is 282 g/mol. The van der Waals surface area contributed by atoms with Crippen molar-refractivity contribution < 1.29 is 18.7 Å². The van der Waals surface area contributed by atoms with Gasteiger partial charge in [0, 0.05) is 17.5 Å². The number of hydrogen-bond acceptors (Lipinski definition) is 4. The lowest BCUT2D eigenvalue weighted by Gasteiger charge is -2.33. The number of ether oxygens (including phenoxy) is 1. The number of furan rings is 1. The first-order valence-electron chi connectivity index (χ1n) is 7.50. The number of benzene rings is 1. The van der Waals surface area contributed by atoms with Crippen LogP contribution in [0.15, 0.2) is 28.7 Å². The number of nitrogens with zero attached hydrogens (tertiary/aromatic N) is 1. The lowest BCUT2D eigenvalue weighted by atomic mass is 10.0. The molecule has 2 heterocycles. The van der Waals surface area contributed by atoms with Crippen LogP contribution in [-0.4, -0.2) is 36.5 Å². The highest BCUT2D eigenvalue weighted by Gasteiger charge is 2.35. The fraction of sp³-hybridized carbons (Fsp3) is 0.412. The van der Waals surface area contributed by atoms with Crippen LogP contribution in [0.3, 0.4) is 0 Å². The average Bonchev–Trinajstić information content (AvgIpc) is 2.91. The molecule has 0 unspecified atom stereocenters. The first-order chi connectivity index (χ1) is 10.6. The molecule has 5 heteroatoms. The van der Waals surface area contributed by atoms with E-state index in [1.165, 1.54) is 7.11 Å². The van der Waals surface area contributed by atoms with Crippen LogP contribution >= 0.6 is 0 Å². The van der Waals surface area contributed by atoms with Crippen LogP contribution in [0.2, 0.25) is 0 Å². The number of carbonyl (C=O) groups excluding carboxylic acids is 2.